The average molecular weight is 341 g/mol. The molecule has 7 heteroatoms. The van der Waals surface area contributed by atoms with Gasteiger partial charge in [0.15, 0.2) is 0 Å². The minimum absolute atomic E-state index is 0. The molecule has 23 heavy (non-hydrogen) atoms. The quantitative estimate of drug-likeness (QED) is 0.240. The molecule has 0 fully saturated rings. The second-order valence-corrected chi connectivity index (χ2v) is 4.90. The number of aliphatic carboxylic acids is 1. The zero-order valence-electron chi connectivity index (χ0n) is 15.9. The number of carbonyl (C=O) groups is 3. The molecule has 0 aliphatic heterocycles. The van der Waals surface area contributed by atoms with Gasteiger partial charge < -0.3 is 17.4 Å². The maximum atomic E-state index is 11.3. The van der Waals surface area contributed by atoms with Crippen LogP contribution in [-0.2, 0) is 23.9 Å². The molecular weight excluding hydrogens is 312 g/mol. The molecule has 130 valence electrons. The topological polar surface area (TPSA) is 89.9 Å². The van der Waals surface area contributed by atoms with Crippen molar-refractivity contribution in [2.75, 3.05) is 13.2 Å². The molecule has 0 spiro atoms. The largest absolute Gasteiger partial charge is 2.00 e. The van der Waals surface area contributed by atoms with Crippen LogP contribution in [-0.4, -0.2) is 59.3 Å². The van der Waals surface area contributed by atoms with E-state index in [0.29, 0.717) is 26.1 Å². The van der Waals surface area contributed by atoms with Crippen molar-refractivity contribution in [3.63, 3.8) is 0 Å². The summed E-state index contributed by atoms with van der Waals surface area (Å²) in [6.07, 6.45) is 7.83. The fourth-order valence-corrected chi connectivity index (χ4v) is 1.72. The Bertz CT molecular complexity index is 378. The standard InChI is InChI=1S/C16H26O6.Mg.2H/c1-2-9-15(19)21-12-7-3-4-8-13-22-16(20)11-6-5-10-14(17)18;;;/h2,9H,3-8,10-13H2,1H3,(H,17,18);;;/q;+2;2*-1. The second kappa shape index (κ2) is 17.3. The summed E-state index contributed by atoms with van der Waals surface area (Å²) in [7, 11) is 0. The van der Waals surface area contributed by atoms with Crippen molar-refractivity contribution in [2.24, 2.45) is 0 Å². The number of allylic oxidation sites excluding steroid dienone is 1. The van der Waals surface area contributed by atoms with Gasteiger partial charge in [-0.3, -0.25) is 9.59 Å². The SMILES string of the molecule is CC=CC(=O)OCCCCCCOC(=O)CCCCC(=O)O.[H-].[H-].[Mg+2]. The van der Waals surface area contributed by atoms with Crippen LogP contribution in [0.1, 0.15) is 61.1 Å². The van der Waals surface area contributed by atoms with E-state index >= 15 is 0 Å². The molecule has 0 aromatic heterocycles. The Balaban J connectivity index is -0.000000735. The molecule has 0 aromatic rings. The van der Waals surface area contributed by atoms with Crippen LogP contribution < -0.4 is 0 Å². The van der Waals surface area contributed by atoms with Gasteiger partial charge in [0.2, 0.25) is 0 Å². The van der Waals surface area contributed by atoms with Gasteiger partial charge in [-0.05, 0) is 45.4 Å². The van der Waals surface area contributed by atoms with E-state index in [1.54, 1.807) is 13.0 Å². The zero-order valence-corrected chi connectivity index (χ0v) is 15.3. The van der Waals surface area contributed by atoms with Gasteiger partial charge in [-0.1, -0.05) is 6.08 Å². The number of carbonyl (C=O) groups excluding carboxylic acids is 2. The van der Waals surface area contributed by atoms with Crippen molar-refractivity contribution >= 4 is 41.0 Å². The number of unbranched alkanes of at least 4 members (excludes halogenated alkanes) is 4. The van der Waals surface area contributed by atoms with E-state index in [0.717, 1.165) is 25.7 Å². The Kier molecular flexibility index (Phi) is 18.2. The fourth-order valence-electron chi connectivity index (χ4n) is 1.72. The molecule has 0 atom stereocenters. The number of carboxylic acid groups (broad SMARTS) is 1. The monoisotopic (exact) mass is 340 g/mol. The molecule has 1 N–H and O–H groups in total. The summed E-state index contributed by atoms with van der Waals surface area (Å²) in [5.74, 6) is -1.44. The van der Waals surface area contributed by atoms with Crippen LogP contribution in [0.15, 0.2) is 12.2 Å². The predicted molar refractivity (Wildman–Crippen MR) is 89.3 cm³/mol. The van der Waals surface area contributed by atoms with Crippen LogP contribution in [0.2, 0.25) is 0 Å². The van der Waals surface area contributed by atoms with Crippen molar-refractivity contribution in [3.8, 4) is 0 Å². The Morgan fingerprint density at radius 2 is 1.48 bits per heavy atom. The Morgan fingerprint density at radius 3 is 2.04 bits per heavy atom. The third kappa shape index (κ3) is 18.9. The number of hydrogen-bond acceptors (Lipinski definition) is 5. The van der Waals surface area contributed by atoms with E-state index in [1.807, 2.05) is 0 Å². The first-order valence-corrected chi connectivity index (χ1v) is 7.73. The Morgan fingerprint density at radius 1 is 0.913 bits per heavy atom. The molecule has 0 bridgehead atoms. The van der Waals surface area contributed by atoms with Crippen molar-refractivity contribution in [3.05, 3.63) is 12.2 Å². The van der Waals surface area contributed by atoms with E-state index in [2.05, 4.69) is 0 Å². The second-order valence-electron chi connectivity index (χ2n) is 4.90. The molecule has 0 amide bonds. The van der Waals surface area contributed by atoms with Gasteiger partial charge in [-0.15, -0.1) is 0 Å². The minimum Gasteiger partial charge on any atom is -1.00 e. The summed E-state index contributed by atoms with van der Waals surface area (Å²) in [6, 6.07) is 0. The molecule has 6 nitrogen and oxygen atoms in total. The van der Waals surface area contributed by atoms with Crippen molar-refractivity contribution in [1.29, 1.82) is 0 Å². The molecule has 0 saturated carbocycles. The van der Waals surface area contributed by atoms with Crippen LogP contribution in [0.25, 0.3) is 0 Å². The molecule has 0 heterocycles. The van der Waals surface area contributed by atoms with Crippen LogP contribution in [0.4, 0.5) is 0 Å². The van der Waals surface area contributed by atoms with Crippen LogP contribution in [0.3, 0.4) is 0 Å². The van der Waals surface area contributed by atoms with Crippen LogP contribution in [0.5, 0.6) is 0 Å². The summed E-state index contributed by atoms with van der Waals surface area (Å²) in [4.78, 5) is 32.6. The Hall–Kier alpha value is -1.08. The van der Waals surface area contributed by atoms with Gasteiger partial charge in [-0.25, -0.2) is 4.79 Å². The summed E-state index contributed by atoms with van der Waals surface area (Å²) < 4.78 is 9.99. The average Bonchev–Trinajstić information content (AvgIpc) is 2.46. The van der Waals surface area contributed by atoms with Gasteiger partial charge in [0.25, 0.3) is 0 Å². The first kappa shape index (κ1) is 24.2. The van der Waals surface area contributed by atoms with Crippen molar-refractivity contribution in [2.45, 2.75) is 58.3 Å². The number of carboxylic acids is 1. The van der Waals surface area contributed by atoms with E-state index in [1.165, 1.54) is 6.08 Å². The van der Waals surface area contributed by atoms with Gasteiger partial charge in [0, 0.05) is 18.9 Å². The summed E-state index contributed by atoms with van der Waals surface area (Å²) >= 11 is 0. The number of rotatable bonds is 13. The third-order valence-electron chi connectivity index (χ3n) is 2.87. The zero-order chi connectivity index (χ0) is 16.6. The van der Waals surface area contributed by atoms with E-state index < -0.39 is 5.97 Å². The van der Waals surface area contributed by atoms with E-state index in [-0.39, 0.29) is 50.7 Å². The molecule has 0 aromatic carbocycles. The first-order valence-electron chi connectivity index (χ1n) is 7.73. The molecule has 0 aliphatic rings. The van der Waals surface area contributed by atoms with Gasteiger partial charge >= 0.3 is 41.0 Å². The maximum Gasteiger partial charge on any atom is 2.00 e. The van der Waals surface area contributed by atoms with Gasteiger partial charge in [0.05, 0.1) is 13.2 Å². The summed E-state index contributed by atoms with van der Waals surface area (Å²) in [6.45, 7) is 2.55. The summed E-state index contributed by atoms with van der Waals surface area (Å²) in [5.41, 5.74) is 0. The van der Waals surface area contributed by atoms with E-state index in [4.69, 9.17) is 14.6 Å². The molecule has 0 aliphatic carbocycles. The number of ether oxygens (including phenoxy) is 2. The van der Waals surface area contributed by atoms with Gasteiger partial charge in [-0.2, -0.15) is 0 Å². The molecule has 0 rings (SSSR count). The van der Waals surface area contributed by atoms with Crippen molar-refractivity contribution < 1.29 is 31.8 Å². The van der Waals surface area contributed by atoms with Crippen LogP contribution in [0, 0.1) is 0 Å². The Labute approximate surface area is 156 Å². The minimum atomic E-state index is -0.843. The fraction of sp³-hybridized carbons (Fsp3) is 0.688. The molecule has 0 radical (unpaired) electrons. The third-order valence-corrected chi connectivity index (χ3v) is 2.87. The van der Waals surface area contributed by atoms with Crippen LogP contribution >= 0.6 is 0 Å². The molecule has 0 unspecified atom stereocenters. The van der Waals surface area contributed by atoms with E-state index in [9.17, 15) is 14.4 Å². The number of esters is 2. The number of hydrogen-bond donors (Lipinski definition) is 1. The summed E-state index contributed by atoms with van der Waals surface area (Å²) in [5, 5.41) is 8.45. The smallest absolute Gasteiger partial charge is 1.00 e. The van der Waals surface area contributed by atoms with Crippen molar-refractivity contribution in [1.82, 2.24) is 0 Å². The van der Waals surface area contributed by atoms with Gasteiger partial charge in [0.1, 0.15) is 0 Å². The molecular formula is C16H28MgO6. The normalized spacial score (nSPS) is 10.1. The maximum absolute atomic E-state index is 11.3. The predicted octanol–water partition coefficient (Wildman–Crippen LogP) is 2.70. The first-order chi connectivity index (χ1) is 10.6. The molecule has 0 saturated heterocycles.